The van der Waals surface area contributed by atoms with Crippen LogP contribution in [0.25, 0.3) is 0 Å². The van der Waals surface area contributed by atoms with E-state index >= 15 is 0 Å². The van der Waals surface area contributed by atoms with Crippen molar-refractivity contribution in [3.8, 4) is 0 Å². The second-order valence-corrected chi connectivity index (χ2v) is 6.54. The molecule has 0 unspecified atom stereocenters. The summed E-state index contributed by atoms with van der Waals surface area (Å²) in [6.07, 6.45) is 3.40. The molecule has 0 aliphatic carbocycles. The molecule has 2 atom stereocenters. The zero-order valence-electron chi connectivity index (χ0n) is 12.9. The molecule has 0 saturated carbocycles. The second-order valence-electron chi connectivity index (χ2n) is 5.76. The first-order valence-electron chi connectivity index (χ1n) is 7.66. The number of carbonyl (C=O) groups is 2. The minimum absolute atomic E-state index is 0.0615. The topological polar surface area (TPSA) is 71.1 Å². The van der Waals surface area contributed by atoms with Gasteiger partial charge in [0.1, 0.15) is 6.04 Å². The van der Waals surface area contributed by atoms with E-state index in [1.54, 1.807) is 17.5 Å². The molecule has 0 aromatic carbocycles. The van der Waals surface area contributed by atoms with E-state index in [-0.39, 0.29) is 17.9 Å². The van der Waals surface area contributed by atoms with Crippen LogP contribution in [-0.2, 0) is 16.0 Å². The average Bonchev–Trinajstić information content (AvgIpc) is 3.18. The molecule has 120 valence electrons. The number of carbonyl (C=O) groups excluding carboxylic acids is 2. The molecule has 2 aromatic rings. The van der Waals surface area contributed by atoms with Gasteiger partial charge in [-0.25, -0.2) is 0 Å². The fraction of sp³-hybridized carbons (Fsp3) is 0.353. The lowest BCUT2D eigenvalue weighted by Crippen LogP contribution is -2.43. The van der Waals surface area contributed by atoms with Crippen LogP contribution in [-0.4, -0.2) is 22.8 Å². The van der Waals surface area contributed by atoms with E-state index in [1.807, 2.05) is 24.4 Å². The minimum Gasteiger partial charge on any atom is -0.346 e. The maximum absolute atomic E-state index is 12.5. The van der Waals surface area contributed by atoms with Gasteiger partial charge in [0.15, 0.2) is 0 Å². The summed E-state index contributed by atoms with van der Waals surface area (Å²) in [5, 5.41) is 9.88. The highest BCUT2D eigenvalue weighted by atomic mass is 32.1. The van der Waals surface area contributed by atoms with Gasteiger partial charge in [0.2, 0.25) is 11.8 Å². The summed E-state index contributed by atoms with van der Waals surface area (Å²) < 4.78 is 0. The van der Waals surface area contributed by atoms with Gasteiger partial charge in [-0.15, -0.1) is 0 Å². The Morgan fingerprint density at radius 3 is 3.04 bits per heavy atom. The van der Waals surface area contributed by atoms with Crippen LogP contribution in [0.3, 0.4) is 0 Å². The third-order valence-corrected chi connectivity index (χ3v) is 4.76. The average molecular weight is 329 g/mol. The van der Waals surface area contributed by atoms with E-state index in [9.17, 15) is 9.59 Å². The maximum atomic E-state index is 12.5. The molecule has 0 bridgehead atoms. The molecule has 2 aromatic heterocycles. The Hall–Kier alpha value is -2.21. The number of hydrogen-bond acceptors (Lipinski definition) is 4. The molecule has 3 heterocycles. The number of thiophene rings is 1. The van der Waals surface area contributed by atoms with Crippen molar-refractivity contribution in [3.05, 3.63) is 52.0 Å². The molecule has 0 spiro atoms. The van der Waals surface area contributed by atoms with E-state index in [0.29, 0.717) is 19.3 Å². The Kier molecular flexibility index (Phi) is 4.71. The summed E-state index contributed by atoms with van der Waals surface area (Å²) in [7, 11) is 0. The first-order chi connectivity index (χ1) is 11.1. The van der Waals surface area contributed by atoms with Crippen molar-refractivity contribution in [1.29, 1.82) is 0 Å². The quantitative estimate of drug-likeness (QED) is 0.883. The van der Waals surface area contributed by atoms with E-state index in [2.05, 4.69) is 27.1 Å². The molecule has 1 saturated heterocycles. The van der Waals surface area contributed by atoms with Gasteiger partial charge in [0.25, 0.3) is 0 Å². The van der Waals surface area contributed by atoms with Crippen LogP contribution < -0.4 is 10.6 Å². The van der Waals surface area contributed by atoms with Crippen molar-refractivity contribution in [1.82, 2.24) is 15.6 Å². The Morgan fingerprint density at radius 1 is 1.52 bits per heavy atom. The standard InChI is InChI=1S/C17H19N3O2S/c1-11-3-2-7-18-16(11)14(9-12-6-8-23-10-12)20-17(22)13-4-5-15(21)19-13/h2-3,6-8,10,13-14H,4-5,9H2,1H3,(H,19,21)(H,20,22)/t13-,14-/m0/s1. The van der Waals surface area contributed by atoms with Crippen molar-refractivity contribution in [2.24, 2.45) is 0 Å². The highest BCUT2D eigenvalue weighted by Gasteiger charge is 2.29. The Balaban J connectivity index is 1.79. The highest BCUT2D eigenvalue weighted by Crippen LogP contribution is 2.22. The van der Waals surface area contributed by atoms with Crippen molar-refractivity contribution in [2.45, 2.75) is 38.3 Å². The van der Waals surface area contributed by atoms with Crippen LogP contribution in [0.1, 0.15) is 35.7 Å². The van der Waals surface area contributed by atoms with Crippen LogP contribution in [0, 0.1) is 6.92 Å². The van der Waals surface area contributed by atoms with Crippen LogP contribution in [0.5, 0.6) is 0 Å². The molecule has 2 amide bonds. The lowest BCUT2D eigenvalue weighted by molar-refractivity contribution is -0.126. The van der Waals surface area contributed by atoms with Gasteiger partial charge in [0, 0.05) is 12.6 Å². The first-order valence-corrected chi connectivity index (χ1v) is 8.60. The highest BCUT2D eigenvalue weighted by molar-refractivity contribution is 7.07. The summed E-state index contributed by atoms with van der Waals surface area (Å²) in [6, 6.07) is 5.30. The van der Waals surface area contributed by atoms with Gasteiger partial charge in [-0.05, 0) is 53.8 Å². The predicted molar refractivity (Wildman–Crippen MR) is 89.0 cm³/mol. The van der Waals surface area contributed by atoms with E-state index in [4.69, 9.17) is 0 Å². The van der Waals surface area contributed by atoms with Crippen LogP contribution in [0.2, 0.25) is 0 Å². The fourth-order valence-electron chi connectivity index (χ4n) is 2.81. The molecule has 2 N–H and O–H groups in total. The molecule has 6 heteroatoms. The largest absolute Gasteiger partial charge is 0.346 e. The smallest absolute Gasteiger partial charge is 0.243 e. The van der Waals surface area contributed by atoms with Crippen molar-refractivity contribution < 1.29 is 9.59 Å². The Bertz CT molecular complexity index is 700. The lowest BCUT2D eigenvalue weighted by Gasteiger charge is -2.21. The van der Waals surface area contributed by atoms with Gasteiger partial charge < -0.3 is 10.6 Å². The second kappa shape index (κ2) is 6.91. The number of hydrogen-bond donors (Lipinski definition) is 2. The number of nitrogens with zero attached hydrogens (tertiary/aromatic N) is 1. The minimum atomic E-state index is -0.434. The van der Waals surface area contributed by atoms with E-state index < -0.39 is 6.04 Å². The number of aryl methyl sites for hydroxylation is 1. The first kappa shape index (κ1) is 15.7. The lowest BCUT2D eigenvalue weighted by atomic mass is 10.0. The Labute approximate surface area is 139 Å². The summed E-state index contributed by atoms with van der Waals surface area (Å²) in [4.78, 5) is 28.2. The molecular weight excluding hydrogens is 310 g/mol. The number of rotatable bonds is 5. The zero-order chi connectivity index (χ0) is 16.2. The van der Waals surface area contributed by atoms with Gasteiger partial charge in [-0.2, -0.15) is 11.3 Å². The van der Waals surface area contributed by atoms with Crippen LogP contribution in [0.4, 0.5) is 0 Å². The molecule has 5 nitrogen and oxygen atoms in total. The Morgan fingerprint density at radius 2 is 2.39 bits per heavy atom. The van der Waals surface area contributed by atoms with Gasteiger partial charge >= 0.3 is 0 Å². The van der Waals surface area contributed by atoms with E-state index in [1.165, 1.54) is 5.56 Å². The van der Waals surface area contributed by atoms with Crippen molar-refractivity contribution in [3.63, 3.8) is 0 Å². The number of aromatic nitrogens is 1. The van der Waals surface area contributed by atoms with Crippen LogP contribution in [0.15, 0.2) is 35.2 Å². The van der Waals surface area contributed by atoms with Gasteiger partial charge in [-0.3, -0.25) is 14.6 Å². The summed E-state index contributed by atoms with van der Waals surface area (Å²) >= 11 is 1.64. The molecule has 1 aliphatic rings. The molecule has 3 rings (SSSR count). The number of amides is 2. The number of pyridine rings is 1. The molecular formula is C17H19N3O2S. The zero-order valence-corrected chi connectivity index (χ0v) is 13.7. The van der Waals surface area contributed by atoms with Crippen molar-refractivity contribution in [2.75, 3.05) is 0 Å². The normalized spacial score (nSPS) is 18.5. The summed E-state index contributed by atoms with van der Waals surface area (Å²) in [6.45, 7) is 1.99. The molecule has 1 fully saturated rings. The maximum Gasteiger partial charge on any atom is 0.243 e. The third-order valence-electron chi connectivity index (χ3n) is 4.03. The summed E-state index contributed by atoms with van der Waals surface area (Å²) in [5.41, 5.74) is 3.08. The molecule has 1 aliphatic heterocycles. The van der Waals surface area contributed by atoms with Crippen LogP contribution >= 0.6 is 11.3 Å². The van der Waals surface area contributed by atoms with Gasteiger partial charge in [0.05, 0.1) is 11.7 Å². The summed E-state index contributed by atoms with van der Waals surface area (Å²) in [5.74, 6) is -0.199. The molecule has 23 heavy (non-hydrogen) atoms. The fourth-order valence-corrected chi connectivity index (χ4v) is 3.49. The molecule has 0 radical (unpaired) electrons. The van der Waals surface area contributed by atoms with Crippen molar-refractivity contribution >= 4 is 23.2 Å². The number of nitrogens with one attached hydrogen (secondary N) is 2. The monoisotopic (exact) mass is 329 g/mol. The van der Waals surface area contributed by atoms with E-state index in [0.717, 1.165) is 11.3 Å². The third kappa shape index (κ3) is 3.76. The SMILES string of the molecule is Cc1cccnc1[C@H](Cc1ccsc1)NC(=O)[C@@H]1CCC(=O)N1. The van der Waals surface area contributed by atoms with Gasteiger partial charge in [-0.1, -0.05) is 6.07 Å². The predicted octanol–water partition coefficient (Wildman–Crippen LogP) is 2.13.